The molecule has 0 radical (unpaired) electrons. The molecule has 4 rings (SSSR count). The van der Waals surface area contributed by atoms with E-state index in [0.717, 1.165) is 48.3 Å². The highest BCUT2D eigenvalue weighted by Crippen LogP contribution is 2.40. The van der Waals surface area contributed by atoms with Gasteiger partial charge in [-0.15, -0.1) is 0 Å². The standard InChI is InChI=1S/C28H38N2O6S/c1-20(17-31)18-37(33,34)19-21-5-7-24(29-16-21)22-6-8-25-23(15-22)9-10-28(35-25)11-13-30(14-12-28)26(32)36-27(2,3)4/h5-8,15-16,20,31H,9-14,17-19H2,1-4H3/t20-/m1/s1. The van der Waals surface area contributed by atoms with Crippen LogP contribution in [0.25, 0.3) is 11.3 Å². The average Bonchev–Trinajstić information content (AvgIpc) is 2.83. The molecular weight excluding hydrogens is 492 g/mol. The Labute approximate surface area is 219 Å². The van der Waals surface area contributed by atoms with Crippen LogP contribution < -0.4 is 4.74 Å². The van der Waals surface area contributed by atoms with Gasteiger partial charge < -0.3 is 19.5 Å². The second-order valence-electron chi connectivity index (χ2n) is 11.5. The van der Waals surface area contributed by atoms with Crippen molar-refractivity contribution in [2.24, 2.45) is 5.92 Å². The number of hydrogen-bond donors (Lipinski definition) is 1. The summed E-state index contributed by atoms with van der Waals surface area (Å²) in [5, 5.41) is 9.14. The third-order valence-corrected chi connectivity index (χ3v) is 8.77. The number of ether oxygens (including phenoxy) is 2. The summed E-state index contributed by atoms with van der Waals surface area (Å²) in [6.07, 6.45) is 4.67. The zero-order valence-corrected chi connectivity index (χ0v) is 23.0. The van der Waals surface area contributed by atoms with Crippen molar-refractivity contribution in [3.63, 3.8) is 0 Å². The first kappa shape index (κ1) is 27.4. The summed E-state index contributed by atoms with van der Waals surface area (Å²) in [7, 11) is -3.31. The zero-order valence-electron chi connectivity index (χ0n) is 22.2. The molecule has 8 nitrogen and oxygen atoms in total. The third kappa shape index (κ3) is 7.02. The largest absolute Gasteiger partial charge is 0.487 e. The maximum Gasteiger partial charge on any atom is 0.410 e. The van der Waals surface area contributed by atoms with Crippen molar-refractivity contribution in [3.8, 4) is 17.0 Å². The summed E-state index contributed by atoms with van der Waals surface area (Å²) in [4.78, 5) is 18.7. The van der Waals surface area contributed by atoms with Crippen LogP contribution in [0.4, 0.5) is 4.79 Å². The second-order valence-corrected chi connectivity index (χ2v) is 13.6. The van der Waals surface area contributed by atoms with E-state index in [-0.39, 0.29) is 35.7 Å². The molecule has 1 aromatic carbocycles. The van der Waals surface area contributed by atoms with Gasteiger partial charge in [0, 0.05) is 44.3 Å². The minimum absolute atomic E-state index is 0.0450. The number of carbonyl (C=O) groups excluding carboxylic acids is 1. The lowest BCUT2D eigenvalue weighted by Gasteiger charge is -2.44. The molecule has 37 heavy (non-hydrogen) atoms. The molecule has 1 saturated heterocycles. The van der Waals surface area contributed by atoms with E-state index in [1.165, 1.54) is 0 Å². The number of aryl methyl sites for hydroxylation is 1. The van der Waals surface area contributed by atoms with Gasteiger partial charge in [0.1, 0.15) is 17.0 Å². The van der Waals surface area contributed by atoms with E-state index in [4.69, 9.17) is 14.6 Å². The van der Waals surface area contributed by atoms with Gasteiger partial charge in [-0.2, -0.15) is 0 Å². The number of carbonyl (C=O) groups is 1. The molecule has 0 bridgehead atoms. The van der Waals surface area contributed by atoms with Gasteiger partial charge in [0.25, 0.3) is 0 Å². The van der Waals surface area contributed by atoms with Crippen LogP contribution in [-0.4, -0.2) is 66.2 Å². The molecule has 202 valence electrons. The normalized spacial score (nSPS) is 18.1. The Morgan fingerprint density at radius 1 is 1.19 bits per heavy atom. The molecule has 3 heterocycles. The lowest BCUT2D eigenvalue weighted by molar-refractivity contribution is -0.0272. The maximum absolute atomic E-state index is 12.4. The first-order chi connectivity index (χ1) is 17.4. The van der Waals surface area contributed by atoms with Crippen LogP contribution in [0.2, 0.25) is 0 Å². The summed E-state index contributed by atoms with van der Waals surface area (Å²) >= 11 is 0. The number of hydrogen-bond acceptors (Lipinski definition) is 7. The summed E-state index contributed by atoms with van der Waals surface area (Å²) in [5.41, 5.74) is 2.74. The van der Waals surface area contributed by atoms with Gasteiger partial charge in [0.05, 0.1) is 17.2 Å². The minimum atomic E-state index is -3.31. The quantitative estimate of drug-likeness (QED) is 0.591. The van der Waals surface area contributed by atoms with Crippen molar-refractivity contribution in [1.29, 1.82) is 0 Å². The van der Waals surface area contributed by atoms with Crippen LogP contribution in [0, 0.1) is 5.92 Å². The first-order valence-electron chi connectivity index (χ1n) is 12.9. The molecule has 2 aliphatic heterocycles. The van der Waals surface area contributed by atoms with Gasteiger partial charge in [0.15, 0.2) is 9.84 Å². The molecule has 1 fully saturated rings. The predicted octanol–water partition coefficient (Wildman–Crippen LogP) is 4.39. The van der Waals surface area contributed by atoms with Crippen LogP contribution >= 0.6 is 0 Å². The Hall–Kier alpha value is -2.65. The Balaban J connectivity index is 1.38. The van der Waals surface area contributed by atoms with Crippen molar-refractivity contribution >= 4 is 15.9 Å². The third-order valence-electron chi connectivity index (χ3n) is 6.92. The van der Waals surface area contributed by atoms with E-state index in [0.29, 0.717) is 18.7 Å². The monoisotopic (exact) mass is 530 g/mol. The fourth-order valence-corrected chi connectivity index (χ4v) is 6.70. The van der Waals surface area contributed by atoms with E-state index in [9.17, 15) is 13.2 Å². The summed E-state index contributed by atoms with van der Waals surface area (Å²) in [5.74, 6) is 0.459. The molecule has 0 aliphatic carbocycles. The number of aliphatic hydroxyl groups excluding tert-OH is 1. The van der Waals surface area contributed by atoms with Crippen molar-refractivity contribution in [2.45, 2.75) is 70.3 Å². The van der Waals surface area contributed by atoms with E-state index in [2.05, 4.69) is 11.1 Å². The Morgan fingerprint density at radius 2 is 1.92 bits per heavy atom. The number of likely N-dealkylation sites (tertiary alicyclic amines) is 1. The number of aromatic nitrogens is 1. The molecule has 1 N–H and O–H groups in total. The van der Waals surface area contributed by atoms with Crippen LogP contribution in [0.5, 0.6) is 5.75 Å². The number of piperidine rings is 1. The van der Waals surface area contributed by atoms with Crippen LogP contribution in [-0.2, 0) is 26.7 Å². The van der Waals surface area contributed by atoms with Gasteiger partial charge in [-0.3, -0.25) is 4.98 Å². The second kappa shape index (κ2) is 10.6. The van der Waals surface area contributed by atoms with Gasteiger partial charge >= 0.3 is 6.09 Å². The van der Waals surface area contributed by atoms with Crippen molar-refractivity contribution in [3.05, 3.63) is 47.7 Å². The van der Waals surface area contributed by atoms with Crippen LogP contribution in [0.1, 0.15) is 58.1 Å². The van der Waals surface area contributed by atoms with E-state index >= 15 is 0 Å². The summed E-state index contributed by atoms with van der Waals surface area (Å²) in [6.45, 7) is 8.43. The Morgan fingerprint density at radius 3 is 2.54 bits per heavy atom. The molecule has 1 spiro atoms. The van der Waals surface area contributed by atoms with E-state index in [1.807, 2.05) is 39.0 Å². The lowest BCUT2D eigenvalue weighted by Crippen LogP contribution is -2.52. The summed E-state index contributed by atoms with van der Waals surface area (Å²) in [6, 6.07) is 9.71. The number of pyridine rings is 1. The molecule has 9 heteroatoms. The molecule has 1 aromatic heterocycles. The zero-order chi connectivity index (χ0) is 26.8. The predicted molar refractivity (Wildman–Crippen MR) is 142 cm³/mol. The fourth-order valence-electron chi connectivity index (χ4n) is 4.94. The number of nitrogens with zero attached hydrogens (tertiary/aromatic N) is 2. The smallest absolute Gasteiger partial charge is 0.410 e. The highest BCUT2D eigenvalue weighted by atomic mass is 32.2. The fraction of sp³-hybridized carbons (Fsp3) is 0.571. The number of rotatable bonds is 6. The highest BCUT2D eigenvalue weighted by molar-refractivity contribution is 7.90. The van der Waals surface area contributed by atoms with Gasteiger partial charge in [0.2, 0.25) is 0 Å². The van der Waals surface area contributed by atoms with Crippen LogP contribution in [0.3, 0.4) is 0 Å². The van der Waals surface area contributed by atoms with Crippen molar-refractivity contribution in [1.82, 2.24) is 9.88 Å². The highest BCUT2D eigenvalue weighted by Gasteiger charge is 2.41. The lowest BCUT2D eigenvalue weighted by atomic mass is 9.83. The van der Waals surface area contributed by atoms with Gasteiger partial charge in [-0.05, 0) is 74.9 Å². The van der Waals surface area contributed by atoms with Crippen molar-refractivity contribution in [2.75, 3.05) is 25.4 Å². The first-order valence-corrected chi connectivity index (χ1v) is 14.8. The van der Waals surface area contributed by atoms with Gasteiger partial charge in [-0.1, -0.05) is 13.0 Å². The number of fused-ring (bicyclic) bond motifs is 1. The molecule has 0 unspecified atom stereocenters. The number of aliphatic hydroxyl groups is 1. The Kier molecular flexibility index (Phi) is 7.85. The van der Waals surface area contributed by atoms with Crippen LogP contribution in [0.15, 0.2) is 36.5 Å². The number of benzene rings is 1. The van der Waals surface area contributed by atoms with E-state index in [1.54, 1.807) is 24.1 Å². The average molecular weight is 531 g/mol. The Bertz CT molecular complexity index is 1210. The van der Waals surface area contributed by atoms with Crippen molar-refractivity contribution < 1.29 is 27.8 Å². The summed E-state index contributed by atoms with van der Waals surface area (Å²) < 4.78 is 36.7. The molecule has 2 aliphatic rings. The molecule has 2 aromatic rings. The van der Waals surface area contributed by atoms with Gasteiger partial charge in [-0.25, -0.2) is 13.2 Å². The SMILES string of the molecule is C[C@H](CO)CS(=O)(=O)Cc1ccc(-c2ccc3c(c2)CCC2(CCN(C(=O)OC(C)(C)C)CC2)O3)nc1. The maximum atomic E-state index is 12.4. The molecular formula is C28H38N2O6S. The van der Waals surface area contributed by atoms with E-state index < -0.39 is 15.4 Å². The minimum Gasteiger partial charge on any atom is -0.487 e. The molecule has 1 atom stereocenters. The molecule has 1 amide bonds. The number of sulfone groups is 1. The molecule has 0 saturated carbocycles. The topological polar surface area (TPSA) is 106 Å². The number of amides is 1.